The van der Waals surface area contributed by atoms with Crippen LogP contribution in [0.2, 0.25) is 0 Å². The van der Waals surface area contributed by atoms with Crippen LogP contribution in [0.3, 0.4) is 0 Å². The minimum Gasteiger partial charge on any atom is -0.426 e. The highest BCUT2D eigenvalue weighted by Crippen LogP contribution is 2.20. The number of rotatable bonds is 5. The fourth-order valence-electron chi connectivity index (χ4n) is 2.27. The number of thiazole rings is 1. The maximum atomic E-state index is 12.0. The van der Waals surface area contributed by atoms with Crippen LogP contribution in [0.1, 0.15) is 6.42 Å². The van der Waals surface area contributed by atoms with Gasteiger partial charge in [-0.05, 0) is 18.2 Å². The van der Waals surface area contributed by atoms with Crippen LogP contribution in [0.4, 0.5) is 5.69 Å². The Kier molecular flexibility index (Phi) is 4.39. The van der Waals surface area contributed by atoms with E-state index >= 15 is 0 Å². The van der Waals surface area contributed by atoms with Crippen molar-refractivity contribution in [3.63, 3.8) is 0 Å². The number of para-hydroxylation sites is 1. The predicted molar refractivity (Wildman–Crippen MR) is 89.4 cm³/mol. The van der Waals surface area contributed by atoms with E-state index in [1.165, 1.54) is 28.8 Å². The van der Waals surface area contributed by atoms with Gasteiger partial charge in [0.25, 0.3) is 5.69 Å². The van der Waals surface area contributed by atoms with Crippen molar-refractivity contribution in [2.75, 3.05) is 0 Å². The first-order chi connectivity index (χ1) is 11.5. The molecule has 1 heterocycles. The molecule has 122 valence electrons. The standard InChI is InChI=1S/C16H12N2O5S/c19-15(23-12-5-3-4-11(10-12)18(21)22)8-9-17-13-6-1-2-7-14(13)24-16(17)20/h1-7,10H,8-9H2. The van der Waals surface area contributed by atoms with Gasteiger partial charge in [0, 0.05) is 12.6 Å². The summed E-state index contributed by atoms with van der Waals surface area (Å²) in [6.07, 6.45) is -0.0106. The average Bonchev–Trinajstić information content (AvgIpc) is 2.88. The Bertz CT molecular complexity index is 976. The second-order valence-corrected chi connectivity index (χ2v) is 5.96. The maximum Gasteiger partial charge on any atom is 0.313 e. The van der Waals surface area contributed by atoms with Gasteiger partial charge in [0.1, 0.15) is 5.75 Å². The summed E-state index contributed by atoms with van der Waals surface area (Å²) in [6, 6.07) is 12.7. The molecule has 0 aliphatic rings. The van der Waals surface area contributed by atoms with Crippen LogP contribution < -0.4 is 9.61 Å². The first kappa shape index (κ1) is 15.9. The van der Waals surface area contributed by atoms with E-state index in [2.05, 4.69) is 0 Å². The molecule has 2 aromatic carbocycles. The van der Waals surface area contributed by atoms with Gasteiger partial charge in [0.05, 0.1) is 27.6 Å². The molecule has 1 aromatic heterocycles. The molecule has 0 spiro atoms. The molecular formula is C16H12N2O5S. The van der Waals surface area contributed by atoms with Gasteiger partial charge < -0.3 is 4.74 Å². The summed E-state index contributed by atoms with van der Waals surface area (Å²) in [4.78, 5) is 33.9. The zero-order chi connectivity index (χ0) is 17.1. The van der Waals surface area contributed by atoms with E-state index in [4.69, 9.17) is 4.74 Å². The van der Waals surface area contributed by atoms with E-state index in [9.17, 15) is 19.7 Å². The lowest BCUT2D eigenvalue weighted by atomic mass is 10.3. The quantitative estimate of drug-likeness (QED) is 0.307. The molecule has 24 heavy (non-hydrogen) atoms. The Labute approximate surface area is 139 Å². The van der Waals surface area contributed by atoms with E-state index in [-0.39, 0.29) is 29.3 Å². The summed E-state index contributed by atoms with van der Waals surface area (Å²) in [5, 5.41) is 10.7. The van der Waals surface area contributed by atoms with Crippen LogP contribution in [0.25, 0.3) is 10.2 Å². The average molecular weight is 344 g/mol. The number of carbonyl (C=O) groups is 1. The summed E-state index contributed by atoms with van der Waals surface area (Å²) >= 11 is 1.12. The van der Waals surface area contributed by atoms with Crippen molar-refractivity contribution in [1.82, 2.24) is 4.57 Å². The van der Waals surface area contributed by atoms with E-state index in [0.29, 0.717) is 0 Å². The first-order valence-electron chi connectivity index (χ1n) is 7.08. The molecule has 0 amide bonds. The molecule has 0 N–H and O–H groups in total. The number of non-ortho nitro benzene ring substituents is 1. The monoisotopic (exact) mass is 344 g/mol. The highest BCUT2D eigenvalue weighted by molar-refractivity contribution is 7.16. The summed E-state index contributed by atoms with van der Waals surface area (Å²) in [6.45, 7) is 0.191. The summed E-state index contributed by atoms with van der Waals surface area (Å²) < 4.78 is 7.48. The summed E-state index contributed by atoms with van der Waals surface area (Å²) in [7, 11) is 0. The summed E-state index contributed by atoms with van der Waals surface area (Å²) in [5.41, 5.74) is 0.621. The second-order valence-electron chi connectivity index (χ2n) is 4.97. The normalized spacial score (nSPS) is 10.7. The number of nitro groups is 1. The number of nitrogens with zero attached hydrogens (tertiary/aromatic N) is 2. The number of carbonyl (C=O) groups excluding carboxylic acids is 1. The Morgan fingerprint density at radius 3 is 2.79 bits per heavy atom. The first-order valence-corrected chi connectivity index (χ1v) is 7.90. The molecule has 0 fully saturated rings. The van der Waals surface area contributed by atoms with Crippen LogP contribution >= 0.6 is 11.3 Å². The van der Waals surface area contributed by atoms with Gasteiger partial charge in [-0.25, -0.2) is 0 Å². The van der Waals surface area contributed by atoms with E-state index in [1.807, 2.05) is 24.3 Å². The number of aromatic nitrogens is 1. The number of hydrogen-bond donors (Lipinski definition) is 0. The zero-order valence-corrected chi connectivity index (χ0v) is 13.2. The van der Waals surface area contributed by atoms with Gasteiger partial charge >= 0.3 is 10.8 Å². The number of nitro benzene ring substituents is 1. The Morgan fingerprint density at radius 1 is 1.21 bits per heavy atom. The molecule has 3 aromatic rings. The predicted octanol–water partition coefficient (Wildman–Crippen LogP) is 2.97. The van der Waals surface area contributed by atoms with Crippen LogP contribution in [-0.4, -0.2) is 15.5 Å². The highest BCUT2D eigenvalue weighted by atomic mass is 32.1. The molecular weight excluding hydrogens is 332 g/mol. The highest BCUT2D eigenvalue weighted by Gasteiger charge is 2.12. The van der Waals surface area contributed by atoms with Crippen molar-refractivity contribution in [3.8, 4) is 5.75 Å². The third kappa shape index (κ3) is 3.33. The lowest BCUT2D eigenvalue weighted by molar-refractivity contribution is -0.384. The molecule has 0 bridgehead atoms. The van der Waals surface area contributed by atoms with Crippen molar-refractivity contribution in [1.29, 1.82) is 0 Å². The zero-order valence-electron chi connectivity index (χ0n) is 12.4. The van der Waals surface area contributed by atoms with Gasteiger partial charge in [-0.2, -0.15) is 0 Å². The molecule has 0 aliphatic heterocycles. The van der Waals surface area contributed by atoms with Gasteiger partial charge in [-0.1, -0.05) is 29.5 Å². The van der Waals surface area contributed by atoms with Crippen molar-refractivity contribution >= 4 is 33.2 Å². The van der Waals surface area contributed by atoms with Crippen LogP contribution in [0, 0.1) is 10.1 Å². The molecule has 0 aliphatic carbocycles. The fourth-order valence-corrected chi connectivity index (χ4v) is 3.19. The van der Waals surface area contributed by atoms with Crippen LogP contribution in [0.15, 0.2) is 53.3 Å². The Balaban J connectivity index is 1.69. The van der Waals surface area contributed by atoms with Gasteiger partial charge in [0.2, 0.25) is 0 Å². The molecule has 0 unspecified atom stereocenters. The minimum atomic E-state index is -0.561. The molecule has 7 nitrogen and oxygen atoms in total. The maximum absolute atomic E-state index is 12.0. The number of aryl methyl sites for hydroxylation is 1. The third-order valence-corrected chi connectivity index (χ3v) is 4.33. The number of hydrogen-bond acceptors (Lipinski definition) is 6. The number of ether oxygens (including phenoxy) is 1. The van der Waals surface area contributed by atoms with Crippen molar-refractivity contribution in [2.45, 2.75) is 13.0 Å². The number of fused-ring (bicyclic) bond motifs is 1. The number of benzene rings is 2. The smallest absolute Gasteiger partial charge is 0.313 e. The largest absolute Gasteiger partial charge is 0.426 e. The Morgan fingerprint density at radius 2 is 2.00 bits per heavy atom. The molecule has 0 saturated heterocycles. The van der Waals surface area contributed by atoms with Crippen molar-refractivity contribution in [3.05, 3.63) is 68.3 Å². The van der Waals surface area contributed by atoms with Crippen LogP contribution in [0.5, 0.6) is 5.75 Å². The summed E-state index contributed by atoms with van der Waals surface area (Å²) in [5.74, 6) is -0.450. The molecule has 3 rings (SSSR count). The fraction of sp³-hybridized carbons (Fsp3) is 0.125. The van der Waals surface area contributed by atoms with Gasteiger partial charge in [-0.3, -0.25) is 24.3 Å². The lowest BCUT2D eigenvalue weighted by Crippen LogP contribution is -2.17. The second kappa shape index (κ2) is 6.63. The van der Waals surface area contributed by atoms with Crippen molar-refractivity contribution in [2.24, 2.45) is 0 Å². The van der Waals surface area contributed by atoms with Crippen LogP contribution in [-0.2, 0) is 11.3 Å². The molecule has 0 radical (unpaired) electrons. The van der Waals surface area contributed by atoms with E-state index < -0.39 is 10.9 Å². The third-order valence-electron chi connectivity index (χ3n) is 3.37. The van der Waals surface area contributed by atoms with E-state index in [0.717, 1.165) is 21.6 Å². The van der Waals surface area contributed by atoms with Gasteiger partial charge in [0.15, 0.2) is 0 Å². The minimum absolute atomic E-state index is 0.0106. The molecule has 0 saturated carbocycles. The van der Waals surface area contributed by atoms with Gasteiger partial charge in [-0.15, -0.1) is 0 Å². The number of esters is 1. The Hall–Kier alpha value is -3.00. The SMILES string of the molecule is O=C(CCn1c(=O)sc2ccccc21)Oc1cccc([N+](=O)[O-])c1. The van der Waals surface area contributed by atoms with Crippen molar-refractivity contribution < 1.29 is 14.5 Å². The topological polar surface area (TPSA) is 91.4 Å². The van der Waals surface area contributed by atoms with E-state index in [1.54, 1.807) is 0 Å². The molecule has 0 atom stereocenters. The lowest BCUT2D eigenvalue weighted by Gasteiger charge is -2.05. The molecule has 8 heteroatoms.